The van der Waals surface area contributed by atoms with Crippen LogP contribution in [0, 0.1) is 0 Å². The molecule has 8 nitrogen and oxygen atoms in total. The fourth-order valence-corrected chi connectivity index (χ4v) is 9.22. The van der Waals surface area contributed by atoms with Gasteiger partial charge in [-0.25, -0.2) is 4.57 Å². The molecule has 69 heavy (non-hydrogen) atoms. The Morgan fingerprint density at radius 3 is 1.28 bits per heavy atom. The SMILES string of the molecule is CC/C=C\C/C=C\C/C=C\C/C=C\C/C=C\CCCCCCCCCCCCCCCCCCCCCCCCCC(=O)NC(COP(=O)(O)OCC[N+](C)(C)C)C(O)CCCCCCCCCC. The van der Waals surface area contributed by atoms with E-state index in [1.165, 1.54) is 167 Å². The van der Waals surface area contributed by atoms with Crippen LogP contribution in [-0.2, 0) is 18.4 Å². The number of hydrogen-bond acceptors (Lipinski definition) is 5. The molecule has 9 heteroatoms. The third-order valence-electron chi connectivity index (χ3n) is 13.0. The van der Waals surface area contributed by atoms with Crippen LogP contribution in [-0.4, -0.2) is 73.4 Å². The monoisotopic (exact) mass is 990 g/mol. The number of nitrogens with zero attached hydrogens (tertiary/aromatic N) is 1. The summed E-state index contributed by atoms with van der Waals surface area (Å²) in [4.78, 5) is 23.2. The van der Waals surface area contributed by atoms with Gasteiger partial charge in [-0.1, -0.05) is 261 Å². The zero-order chi connectivity index (χ0) is 50.6. The minimum atomic E-state index is -4.31. The van der Waals surface area contributed by atoms with E-state index in [1.54, 1.807) is 0 Å². The van der Waals surface area contributed by atoms with Crippen LogP contribution in [0.2, 0.25) is 0 Å². The standard InChI is InChI=1S/C60H113N2O6P/c1-6-8-10-12-14-16-17-18-19-20-21-22-23-24-25-26-27-28-29-30-31-32-33-34-35-36-37-38-39-40-41-42-43-44-45-46-48-50-52-54-60(64)61-58(57-68-69(65,66)67-56-55-62(3,4)5)59(63)53-51-49-47-15-13-11-9-7-2/h8,10,14,16,18-19,21-22,24-25,58-59,63H,6-7,9,11-13,15,17,20,23,26-57H2,1-5H3,(H-,61,64,65,66)/p+1/b10-8-,16-14-,19-18-,22-21-,25-24-. The molecule has 0 saturated heterocycles. The lowest BCUT2D eigenvalue weighted by Crippen LogP contribution is -2.46. The van der Waals surface area contributed by atoms with Gasteiger partial charge < -0.3 is 19.8 Å². The highest BCUT2D eigenvalue weighted by Crippen LogP contribution is 2.43. The third kappa shape index (κ3) is 53.8. The number of carbonyl (C=O) groups excluding carboxylic acids is 1. The van der Waals surface area contributed by atoms with Crippen molar-refractivity contribution in [2.45, 2.75) is 276 Å². The van der Waals surface area contributed by atoms with Gasteiger partial charge in [-0.2, -0.15) is 0 Å². The highest BCUT2D eigenvalue weighted by molar-refractivity contribution is 7.47. The third-order valence-corrected chi connectivity index (χ3v) is 14.0. The number of unbranched alkanes of at least 4 members (excludes halogenated alkanes) is 30. The van der Waals surface area contributed by atoms with E-state index >= 15 is 0 Å². The molecule has 0 aliphatic heterocycles. The number of amides is 1. The molecular formula is C60H114N2O6P+. The lowest BCUT2D eigenvalue weighted by atomic mass is 10.0. The maximum absolute atomic E-state index is 12.9. The van der Waals surface area contributed by atoms with Gasteiger partial charge >= 0.3 is 7.82 Å². The first-order valence-electron chi connectivity index (χ1n) is 29.2. The fourth-order valence-electron chi connectivity index (χ4n) is 8.49. The highest BCUT2D eigenvalue weighted by atomic mass is 31.2. The summed E-state index contributed by atoms with van der Waals surface area (Å²) in [6, 6.07) is -0.757. The van der Waals surface area contributed by atoms with Crippen molar-refractivity contribution >= 4 is 13.7 Å². The summed E-state index contributed by atoms with van der Waals surface area (Å²) >= 11 is 0. The second kappa shape index (κ2) is 51.1. The number of likely N-dealkylation sites (N-methyl/N-ethyl adjacent to an activating group) is 1. The molecule has 0 fully saturated rings. The van der Waals surface area contributed by atoms with Crippen molar-refractivity contribution in [2.24, 2.45) is 0 Å². The molecule has 0 aliphatic rings. The van der Waals surface area contributed by atoms with E-state index < -0.39 is 20.0 Å². The number of nitrogens with one attached hydrogen (secondary N) is 1. The molecule has 404 valence electrons. The summed E-state index contributed by atoms with van der Waals surface area (Å²) in [5.74, 6) is -0.145. The van der Waals surface area contributed by atoms with Crippen molar-refractivity contribution in [3.05, 3.63) is 60.8 Å². The minimum Gasteiger partial charge on any atom is -0.391 e. The molecule has 0 saturated carbocycles. The van der Waals surface area contributed by atoms with Crippen molar-refractivity contribution in [2.75, 3.05) is 40.9 Å². The average Bonchev–Trinajstić information content (AvgIpc) is 3.31. The summed E-state index contributed by atoms with van der Waals surface area (Å²) in [7, 11) is 1.62. The van der Waals surface area contributed by atoms with Gasteiger partial charge in [0.2, 0.25) is 5.91 Å². The summed E-state index contributed by atoms with van der Waals surface area (Å²) < 4.78 is 23.6. The number of allylic oxidation sites excluding steroid dienone is 10. The smallest absolute Gasteiger partial charge is 0.391 e. The summed E-state index contributed by atoms with van der Waals surface area (Å²) in [6.45, 7) is 4.75. The first kappa shape index (κ1) is 67.2. The normalized spacial score (nSPS) is 14.4. The Hall–Kier alpha value is -1.80. The molecule has 0 heterocycles. The Morgan fingerprint density at radius 1 is 0.507 bits per heavy atom. The Kier molecular flexibility index (Phi) is 49.8. The largest absolute Gasteiger partial charge is 0.472 e. The van der Waals surface area contributed by atoms with E-state index in [2.05, 4.69) is 79.9 Å². The Bertz CT molecular complexity index is 1310. The quantitative estimate of drug-likeness (QED) is 0.0243. The number of rotatable bonds is 53. The molecule has 1 amide bonds. The molecule has 0 spiro atoms. The van der Waals surface area contributed by atoms with E-state index in [0.29, 0.717) is 23.9 Å². The lowest BCUT2D eigenvalue weighted by molar-refractivity contribution is -0.870. The van der Waals surface area contributed by atoms with Gasteiger partial charge in [0.25, 0.3) is 0 Å². The van der Waals surface area contributed by atoms with Crippen LogP contribution in [0.4, 0.5) is 0 Å². The molecular weight excluding hydrogens is 876 g/mol. The van der Waals surface area contributed by atoms with Crippen LogP contribution < -0.4 is 5.32 Å². The van der Waals surface area contributed by atoms with Gasteiger partial charge in [-0.3, -0.25) is 13.8 Å². The molecule has 0 aromatic rings. The van der Waals surface area contributed by atoms with Crippen LogP contribution in [0.3, 0.4) is 0 Å². The van der Waals surface area contributed by atoms with Crippen molar-refractivity contribution in [1.29, 1.82) is 0 Å². The number of quaternary nitrogens is 1. The number of phosphoric ester groups is 1. The van der Waals surface area contributed by atoms with Gasteiger partial charge in [0.15, 0.2) is 0 Å². The lowest BCUT2D eigenvalue weighted by Gasteiger charge is -2.26. The number of aliphatic hydroxyl groups is 1. The summed E-state index contributed by atoms with van der Waals surface area (Å²) in [5.41, 5.74) is 0. The van der Waals surface area contributed by atoms with Gasteiger partial charge in [-0.15, -0.1) is 0 Å². The predicted molar refractivity (Wildman–Crippen MR) is 300 cm³/mol. The van der Waals surface area contributed by atoms with Crippen molar-refractivity contribution in [1.82, 2.24) is 5.32 Å². The highest BCUT2D eigenvalue weighted by Gasteiger charge is 2.28. The molecule has 0 aromatic carbocycles. The molecule has 3 atom stereocenters. The first-order chi connectivity index (χ1) is 33.5. The van der Waals surface area contributed by atoms with E-state index in [4.69, 9.17) is 9.05 Å². The van der Waals surface area contributed by atoms with Crippen LogP contribution >= 0.6 is 7.82 Å². The molecule has 0 bridgehead atoms. The van der Waals surface area contributed by atoms with Crippen molar-refractivity contribution in [3.63, 3.8) is 0 Å². The first-order valence-corrected chi connectivity index (χ1v) is 30.6. The van der Waals surface area contributed by atoms with Crippen LogP contribution in [0.1, 0.15) is 264 Å². The van der Waals surface area contributed by atoms with Gasteiger partial charge in [0, 0.05) is 6.42 Å². The number of carbonyl (C=O) groups is 1. The van der Waals surface area contributed by atoms with Crippen LogP contribution in [0.25, 0.3) is 0 Å². The molecule has 0 aromatic heterocycles. The minimum absolute atomic E-state index is 0.0751. The van der Waals surface area contributed by atoms with Gasteiger partial charge in [0.05, 0.1) is 39.9 Å². The fraction of sp³-hybridized carbons (Fsp3) is 0.817. The maximum atomic E-state index is 12.9. The summed E-state index contributed by atoms with van der Waals surface area (Å²) in [6.07, 6.45) is 69.0. The maximum Gasteiger partial charge on any atom is 0.472 e. The van der Waals surface area contributed by atoms with Crippen LogP contribution in [0.15, 0.2) is 60.8 Å². The average molecular weight is 991 g/mol. The predicted octanol–water partition coefficient (Wildman–Crippen LogP) is 17.7. The molecule has 3 unspecified atom stereocenters. The molecule has 0 aliphatic carbocycles. The van der Waals surface area contributed by atoms with Gasteiger partial charge in [-0.05, 0) is 57.8 Å². The van der Waals surface area contributed by atoms with Gasteiger partial charge in [0.1, 0.15) is 13.2 Å². The number of phosphoric acid groups is 1. The zero-order valence-electron chi connectivity index (χ0n) is 46.0. The summed E-state index contributed by atoms with van der Waals surface area (Å²) in [5, 5.41) is 13.9. The van der Waals surface area contributed by atoms with Crippen molar-refractivity contribution < 1.29 is 32.9 Å². The number of aliphatic hydroxyl groups excluding tert-OH is 1. The van der Waals surface area contributed by atoms with E-state index in [0.717, 1.165) is 70.6 Å². The van der Waals surface area contributed by atoms with Crippen LogP contribution in [0.5, 0.6) is 0 Å². The Labute approximate surface area is 428 Å². The number of hydrogen-bond donors (Lipinski definition) is 3. The molecule has 0 rings (SSSR count). The van der Waals surface area contributed by atoms with E-state index in [9.17, 15) is 19.4 Å². The van der Waals surface area contributed by atoms with E-state index in [1.807, 2.05) is 21.1 Å². The molecule has 3 N–H and O–H groups in total. The second-order valence-electron chi connectivity index (χ2n) is 21.0. The van der Waals surface area contributed by atoms with Crippen molar-refractivity contribution in [3.8, 4) is 0 Å². The molecule has 0 radical (unpaired) electrons. The second-order valence-corrected chi connectivity index (χ2v) is 22.4. The Balaban J connectivity index is 3.78. The van der Waals surface area contributed by atoms with E-state index in [-0.39, 0.29) is 19.1 Å². The zero-order valence-corrected chi connectivity index (χ0v) is 46.9. The topological polar surface area (TPSA) is 105 Å². The Morgan fingerprint density at radius 2 is 0.870 bits per heavy atom.